The molecule has 0 atom stereocenters. The Balaban J connectivity index is 1.40. The van der Waals surface area contributed by atoms with Crippen molar-refractivity contribution in [3.05, 3.63) is 35.9 Å². The molecule has 1 aromatic rings. The first kappa shape index (κ1) is 15.1. The molecule has 0 aliphatic heterocycles. The monoisotopic (exact) mass is 287 g/mol. The van der Waals surface area contributed by atoms with Crippen molar-refractivity contribution >= 4 is 0 Å². The average Bonchev–Trinajstić information content (AvgIpc) is 3.33. The van der Waals surface area contributed by atoms with Gasteiger partial charge in [0.25, 0.3) is 0 Å². The summed E-state index contributed by atoms with van der Waals surface area (Å²) in [7, 11) is 1.81. The predicted octanol–water partition coefficient (Wildman–Crippen LogP) is 4.12. The first-order valence-electron chi connectivity index (χ1n) is 8.59. The van der Waals surface area contributed by atoms with E-state index in [1.807, 2.05) is 7.11 Å². The van der Waals surface area contributed by atoms with Gasteiger partial charge in [-0.3, -0.25) is 0 Å². The molecule has 2 nitrogen and oxygen atoms in total. The van der Waals surface area contributed by atoms with Crippen LogP contribution in [0.25, 0.3) is 0 Å². The van der Waals surface area contributed by atoms with Gasteiger partial charge in [-0.1, -0.05) is 30.3 Å². The third kappa shape index (κ3) is 4.08. The van der Waals surface area contributed by atoms with Crippen molar-refractivity contribution in [1.82, 2.24) is 5.32 Å². The van der Waals surface area contributed by atoms with E-state index in [-0.39, 0.29) is 0 Å². The van der Waals surface area contributed by atoms with Crippen LogP contribution in [0.2, 0.25) is 0 Å². The Morgan fingerprint density at radius 3 is 2.43 bits per heavy atom. The van der Waals surface area contributed by atoms with Crippen molar-refractivity contribution in [2.24, 2.45) is 5.41 Å². The minimum Gasteiger partial charge on any atom is -0.385 e. The van der Waals surface area contributed by atoms with Gasteiger partial charge in [0.15, 0.2) is 0 Å². The molecule has 2 heteroatoms. The molecule has 2 fully saturated rings. The molecule has 0 heterocycles. The zero-order chi connectivity index (χ0) is 14.5. The maximum Gasteiger partial charge on any atom is 0.0468 e. The van der Waals surface area contributed by atoms with Gasteiger partial charge in [-0.2, -0.15) is 0 Å². The fraction of sp³-hybridized carbons (Fsp3) is 0.684. The van der Waals surface area contributed by atoms with Crippen LogP contribution in [0.1, 0.15) is 56.4 Å². The van der Waals surface area contributed by atoms with Gasteiger partial charge < -0.3 is 10.1 Å². The zero-order valence-electron chi connectivity index (χ0n) is 13.3. The van der Waals surface area contributed by atoms with E-state index < -0.39 is 0 Å². The van der Waals surface area contributed by atoms with Gasteiger partial charge in [0, 0.05) is 26.3 Å². The summed E-state index contributed by atoms with van der Waals surface area (Å²) in [4.78, 5) is 0. The minimum atomic E-state index is 0.576. The topological polar surface area (TPSA) is 21.3 Å². The molecule has 0 bridgehead atoms. The first-order valence-corrected chi connectivity index (χ1v) is 8.59. The molecule has 2 saturated carbocycles. The number of methoxy groups -OCH3 is 1. The highest BCUT2D eigenvalue weighted by molar-refractivity contribution is 5.20. The molecule has 0 unspecified atom stereocenters. The first-order chi connectivity index (χ1) is 10.3. The molecule has 2 aliphatic carbocycles. The zero-order valence-corrected chi connectivity index (χ0v) is 13.3. The highest BCUT2D eigenvalue weighted by atomic mass is 16.5. The fourth-order valence-electron chi connectivity index (χ4n) is 3.73. The lowest BCUT2D eigenvalue weighted by Gasteiger charge is -2.31. The van der Waals surface area contributed by atoms with E-state index >= 15 is 0 Å². The summed E-state index contributed by atoms with van der Waals surface area (Å²) >= 11 is 0. The normalized spacial score (nSPS) is 27.5. The second-order valence-corrected chi connectivity index (χ2v) is 7.08. The van der Waals surface area contributed by atoms with E-state index in [1.54, 1.807) is 0 Å². The van der Waals surface area contributed by atoms with Crippen molar-refractivity contribution in [1.29, 1.82) is 0 Å². The molecular formula is C19H29NO. The van der Waals surface area contributed by atoms with Crippen LogP contribution in [0.3, 0.4) is 0 Å². The summed E-state index contributed by atoms with van der Waals surface area (Å²) in [5.41, 5.74) is 2.11. The Morgan fingerprint density at radius 1 is 1.10 bits per heavy atom. The van der Waals surface area contributed by atoms with E-state index in [1.165, 1.54) is 57.1 Å². The average molecular weight is 287 g/mol. The summed E-state index contributed by atoms with van der Waals surface area (Å²) in [6.07, 6.45) is 9.36. The Hall–Kier alpha value is -0.860. The van der Waals surface area contributed by atoms with Crippen LogP contribution in [-0.4, -0.2) is 26.3 Å². The van der Waals surface area contributed by atoms with Crippen LogP contribution in [0.4, 0.5) is 0 Å². The third-order valence-electron chi connectivity index (χ3n) is 5.56. The summed E-state index contributed by atoms with van der Waals surface area (Å²) in [6, 6.07) is 11.8. The maximum atomic E-state index is 5.24. The fourth-order valence-corrected chi connectivity index (χ4v) is 3.73. The standard InChI is InChI=1S/C19H29NO/c1-21-14-13-19(11-12-19)15-20-18-9-7-17(8-10-18)16-5-3-2-4-6-16/h2-6,17-18,20H,7-15H2,1H3. The second kappa shape index (κ2) is 6.93. The Bertz CT molecular complexity index is 418. The van der Waals surface area contributed by atoms with Crippen molar-refractivity contribution in [3.63, 3.8) is 0 Å². The number of rotatable bonds is 7. The Morgan fingerprint density at radius 2 is 1.81 bits per heavy atom. The van der Waals surface area contributed by atoms with Crippen LogP contribution in [0, 0.1) is 5.41 Å². The van der Waals surface area contributed by atoms with Crippen LogP contribution in [0.15, 0.2) is 30.3 Å². The SMILES string of the molecule is COCCC1(CNC2CCC(c3ccccc3)CC2)CC1. The molecule has 0 amide bonds. The van der Waals surface area contributed by atoms with Gasteiger partial charge >= 0.3 is 0 Å². The van der Waals surface area contributed by atoms with Gasteiger partial charge in [0.05, 0.1) is 0 Å². The molecule has 0 aromatic heterocycles. The van der Waals surface area contributed by atoms with Crippen molar-refractivity contribution in [2.75, 3.05) is 20.3 Å². The number of benzene rings is 1. The largest absolute Gasteiger partial charge is 0.385 e. The van der Waals surface area contributed by atoms with E-state index in [0.717, 1.165) is 18.6 Å². The van der Waals surface area contributed by atoms with E-state index in [0.29, 0.717) is 5.41 Å². The van der Waals surface area contributed by atoms with Gasteiger partial charge in [0.1, 0.15) is 0 Å². The smallest absolute Gasteiger partial charge is 0.0468 e. The number of nitrogens with one attached hydrogen (secondary N) is 1. The number of hydrogen-bond acceptors (Lipinski definition) is 2. The second-order valence-electron chi connectivity index (χ2n) is 7.08. The lowest BCUT2D eigenvalue weighted by atomic mass is 9.81. The molecule has 2 aliphatic rings. The summed E-state index contributed by atoms with van der Waals surface area (Å²) < 4.78 is 5.24. The molecule has 0 radical (unpaired) electrons. The van der Waals surface area contributed by atoms with E-state index in [9.17, 15) is 0 Å². The maximum absolute atomic E-state index is 5.24. The van der Waals surface area contributed by atoms with Gasteiger partial charge in [0.2, 0.25) is 0 Å². The molecule has 1 aromatic carbocycles. The number of ether oxygens (including phenoxy) is 1. The number of hydrogen-bond donors (Lipinski definition) is 1. The summed E-state index contributed by atoms with van der Waals surface area (Å²) in [5.74, 6) is 0.785. The van der Waals surface area contributed by atoms with E-state index in [2.05, 4.69) is 35.6 Å². The van der Waals surface area contributed by atoms with Crippen molar-refractivity contribution in [3.8, 4) is 0 Å². The highest BCUT2D eigenvalue weighted by Gasteiger charge is 2.42. The van der Waals surface area contributed by atoms with E-state index in [4.69, 9.17) is 4.74 Å². The quantitative estimate of drug-likeness (QED) is 0.814. The van der Waals surface area contributed by atoms with Crippen LogP contribution < -0.4 is 5.32 Å². The van der Waals surface area contributed by atoms with Crippen molar-refractivity contribution in [2.45, 2.75) is 56.9 Å². The third-order valence-corrected chi connectivity index (χ3v) is 5.56. The molecule has 0 spiro atoms. The van der Waals surface area contributed by atoms with Crippen LogP contribution in [-0.2, 0) is 4.74 Å². The Labute approximate surface area is 129 Å². The summed E-state index contributed by atoms with van der Waals surface area (Å²) in [5, 5.41) is 3.85. The van der Waals surface area contributed by atoms with Gasteiger partial charge in [-0.05, 0) is 61.8 Å². The van der Waals surface area contributed by atoms with Crippen LogP contribution >= 0.6 is 0 Å². The molecule has 0 saturated heterocycles. The minimum absolute atomic E-state index is 0.576. The van der Waals surface area contributed by atoms with Crippen LogP contribution in [0.5, 0.6) is 0 Å². The molecular weight excluding hydrogens is 258 g/mol. The molecule has 116 valence electrons. The summed E-state index contributed by atoms with van der Waals surface area (Å²) in [6.45, 7) is 2.12. The lowest BCUT2D eigenvalue weighted by Crippen LogP contribution is -2.37. The Kier molecular flexibility index (Phi) is 4.97. The highest BCUT2D eigenvalue weighted by Crippen LogP contribution is 2.48. The van der Waals surface area contributed by atoms with Crippen molar-refractivity contribution < 1.29 is 4.74 Å². The molecule has 3 rings (SSSR count). The molecule has 21 heavy (non-hydrogen) atoms. The van der Waals surface area contributed by atoms with Gasteiger partial charge in [-0.15, -0.1) is 0 Å². The lowest BCUT2D eigenvalue weighted by molar-refractivity contribution is 0.169. The molecule has 1 N–H and O–H groups in total. The predicted molar refractivity (Wildman–Crippen MR) is 87.6 cm³/mol. The van der Waals surface area contributed by atoms with Gasteiger partial charge in [-0.25, -0.2) is 0 Å².